The first-order chi connectivity index (χ1) is 13.3. The Balaban J connectivity index is 0.000000176. The van der Waals surface area contributed by atoms with Gasteiger partial charge in [0.2, 0.25) is 5.91 Å². The van der Waals surface area contributed by atoms with Crippen LogP contribution in [0, 0.1) is 0 Å². The van der Waals surface area contributed by atoms with E-state index in [1.165, 1.54) is 0 Å². The molecule has 0 spiro atoms. The highest BCUT2D eigenvalue weighted by atomic mass is 79.9. The van der Waals surface area contributed by atoms with Gasteiger partial charge in [0, 0.05) is 25.5 Å². The van der Waals surface area contributed by atoms with E-state index < -0.39 is 11.8 Å². The van der Waals surface area contributed by atoms with Gasteiger partial charge in [-0.1, -0.05) is 43.5 Å². The molecule has 1 aromatic heterocycles. The van der Waals surface area contributed by atoms with Crippen molar-refractivity contribution in [3.8, 4) is 0 Å². The van der Waals surface area contributed by atoms with Crippen molar-refractivity contribution in [2.75, 3.05) is 12.4 Å². The van der Waals surface area contributed by atoms with Crippen LogP contribution in [0.2, 0.25) is 5.15 Å². The highest BCUT2D eigenvalue weighted by Crippen LogP contribution is 2.29. The van der Waals surface area contributed by atoms with Crippen LogP contribution in [0.25, 0.3) is 10.9 Å². The number of nitrogens with one attached hydrogen (secondary N) is 2. The number of carbonyl (C=O) groups is 3. The van der Waals surface area contributed by atoms with Crippen LogP contribution >= 0.6 is 43.5 Å². The summed E-state index contributed by atoms with van der Waals surface area (Å²) in [4.78, 5) is 36.7. The minimum Gasteiger partial charge on any atom is -0.463 e. The summed E-state index contributed by atoms with van der Waals surface area (Å²) in [6, 6.07) is 11.1. The number of anilines is 1. The van der Waals surface area contributed by atoms with E-state index in [1.54, 1.807) is 12.1 Å². The average molecular weight is 529 g/mol. The van der Waals surface area contributed by atoms with Gasteiger partial charge < -0.3 is 15.0 Å². The number of ether oxygens (including phenoxy) is 1. The monoisotopic (exact) mass is 526 g/mol. The van der Waals surface area contributed by atoms with Gasteiger partial charge in [0.05, 0.1) is 19.1 Å². The Morgan fingerprint density at radius 1 is 1.11 bits per heavy atom. The van der Waals surface area contributed by atoms with Gasteiger partial charge in [-0.05, 0) is 42.0 Å². The Hall–Kier alpha value is -2.16. The number of hydrogen-bond donors (Lipinski definition) is 2. The lowest BCUT2D eigenvalue weighted by Gasteiger charge is -1.98. The number of fused-ring (bicyclic) bond motifs is 2. The molecule has 28 heavy (non-hydrogen) atoms. The van der Waals surface area contributed by atoms with Gasteiger partial charge in [-0.2, -0.15) is 0 Å². The maximum absolute atomic E-state index is 11.8. The molecule has 0 aliphatic carbocycles. The molecular formula is C19H13Br2ClN2O4. The van der Waals surface area contributed by atoms with Gasteiger partial charge in [-0.15, -0.1) is 0 Å². The van der Waals surface area contributed by atoms with E-state index in [0.29, 0.717) is 17.3 Å². The van der Waals surface area contributed by atoms with Crippen molar-refractivity contribution in [3.63, 3.8) is 0 Å². The van der Waals surface area contributed by atoms with Crippen LogP contribution in [-0.2, 0) is 20.7 Å². The summed E-state index contributed by atoms with van der Waals surface area (Å²) in [5, 5.41) is 3.48. The quantitative estimate of drug-likeness (QED) is 0.282. The summed E-state index contributed by atoms with van der Waals surface area (Å²) in [6.45, 7) is 0. The van der Waals surface area contributed by atoms with Gasteiger partial charge >= 0.3 is 5.97 Å². The molecular weight excluding hydrogens is 515 g/mol. The fourth-order valence-electron chi connectivity index (χ4n) is 2.75. The van der Waals surface area contributed by atoms with E-state index in [4.69, 9.17) is 11.6 Å². The minimum atomic E-state index is -0.937. The second-order valence-electron chi connectivity index (χ2n) is 5.85. The zero-order chi connectivity index (χ0) is 20.4. The summed E-state index contributed by atoms with van der Waals surface area (Å²) in [6.07, 6.45) is 0.509. The van der Waals surface area contributed by atoms with Gasteiger partial charge in [-0.25, -0.2) is 4.79 Å². The fourth-order valence-corrected chi connectivity index (χ4v) is 3.80. The van der Waals surface area contributed by atoms with E-state index in [-0.39, 0.29) is 16.6 Å². The highest BCUT2D eigenvalue weighted by Gasteiger charge is 2.24. The minimum absolute atomic E-state index is 0.0816. The van der Waals surface area contributed by atoms with E-state index in [1.807, 2.05) is 24.3 Å². The number of halogens is 3. The van der Waals surface area contributed by atoms with E-state index in [0.717, 1.165) is 27.3 Å². The second-order valence-corrected chi connectivity index (χ2v) is 8.06. The normalized spacial score (nSPS) is 12.1. The van der Waals surface area contributed by atoms with Crippen LogP contribution in [-0.4, -0.2) is 29.8 Å². The molecule has 144 valence electrons. The SMILES string of the molecule is COC(=O)C(=O)c1c(Cl)[nH]c2ccc(Br)cc12.O=C1Cc2cc(Br)ccc2N1. The topological polar surface area (TPSA) is 88.3 Å². The first-order valence-electron chi connectivity index (χ1n) is 7.97. The van der Waals surface area contributed by atoms with Crippen molar-refractivity contribution in [2.45, 2.75) is 6.42 Å². The van der Waals surface area contributed by atoms with Gasteiger partial charge in [0.15, 0.2) is 0 Å². The molecule has 0 unspecified atom stereocenters. The molecule has 1 aliphatic rings. The summed E-state index contributed by atoms with van der Waals surface area (Å²) < 4.78 is 6.21. The number of esters is 1. The third kappa shape index (κ3) is 4.29. The molecule has 2 aromatic carbocycles. The number of ketones is 1. The molecule has 2 N–H and O–H groups in total. The zero-order valence-corrected chi connectivity index (χ0v) is 18.4. The van der Waals surface area contributed by atoms with Gasteiger partial charge in [-0.3, -0.25) is 9.59 Å². The van der Waals surface area contributed by atoms with Crippen molar-refractivity contribution < 1.29 is 19.1 Å². The molecule has 0 saturated carbocycles. The summed E-state index contributed by atoms with van der Waals surface area (Å²) in [5.74, 6) is -1.62. The summed E-state index contributed by atoms with van der Waals surface area (Å²) in [5.41, 5.74) is 2.84. The van der Waals surface area contributed by atoms with Crippen molar-refractivity contribution in [1.29, 1.82) is 0 Å². The molecule has 0 radical (unpaired) electrons. The number of methoxy groups -OCH3 is 1. The predicted molar refractivity (Wildman–Crippen MR) is 114 cm³/mol. The van der Waals surface area contributed by atoms with Crippen LogP contribution in [0.3, 0.4) is 0 Å². The molecule has 1 amide bonds. The number of benzene rings is 2. The molecule has 0 bridgehead atoms. The van der Waals surface area contributed by atoms with Crippen LogP contribution < -0.4 is 5.32 Å². The van der Waals surface area contributed by atoms with Crippen LogP contribution in [0.5, 0.6) is 0 Å². The number of aromatic amines is 1. The standard InChI is InChI=1S/C11H7BrClNO3.C8H6BrNO/c1-17-11(16)9(15)8-6-4-5(12)2-3-7(6)14-10(8)13;9-6-1-2-7-5(3-6)4-8(11)10-7/h2-4,14H,1H3;1-3H,4H2,(H,10,11). The number of H-pyrrole nitrogens is 1. The molecule has 1 aliphatic heterocycles. The maximum Gasteiger partial charge on any atom is 0.379 e. The number of amides is 1. The molecule has 0 fully saturated rings. The van der Waals surface area contributed by atoms with E-state index in [9.17, 15) is 14.4 Å². The van der Waals surface area contributed by atoms with E-state index >= 15 is 0 Å². The molecule has 0 atom stereocenters. The second kappa shape index (κ2) is 8.46. The fraction of sp³-hybridized carbons (Fsp3) is 0.105. The average Bonchev–Trinajstić information content (AvgIpc) is 3.18. The van der Waals surface area contributed by atoms with Gasteiger partial charge in [0.25, 0.3) is 5.78 Å². The lowest BCUT2D eigenvalue weighted by Crippen LogP contribution is -2.15. The van der Waals surface area contributed by atoms with E-state index in [2.05, 4.69) is 46.9 Å². The lowest BCUT2D eigenvalue weighted by atomic mass is 10.1. The Labute approximate surface area is 181 Å². The Morgan fingerprint density at radius 2 is 1.79 bits per heavy atom. The van der Waals surface area contributed by atoms with Gasteiger partial charge in [0.1, 0.15) is 5.15 Å². The molecule has 6 nitrogen and oxygen atoms in total. The van der Waals surface area contributed by atoms with Crippen molar-refractivity contribution in [3.05, 3.63) is 61.6 Å². The van der Waals surface area contributed by atoms with Crippen LogP contribution in [0.15, 0.2) is 45.3 Å². The number of rotatable bonds is 2. The predicted octanol–water partition coefficient (Wildman–Crippen LogP) is 4.88. The van der Waals surface area contributed by atoms with Crippen LogP contribution in [0.1, 0.15) is 15.9 Å². The third-order valence-electron chi connectivity index (χ3n) is 4.01. The summed E-state index contributed by atoms with van der Waals surface area (Å²) >= 11 is 12.6. The maximum atomic E-state index is 11.8. The molecule has 0 saturated heterocycles. The van der Waals surface area contributed by atoms with Crippen LogP contribution in [0.4, 0.5) is 5.69 Å². The highest BCUT2D eigenvalue weighted by molar-refractivity contribution is 9.10. The first-order valence-corrected chi connectivity index (χ1v) is 9.94. The first kappa shape index (κ1) is 20.6. The number of Topliss-reactive ketones (excluding diaryl/α,β-unsaturated/α-hetero) is 1. The van der Waals surface area contributed by atoms with Crippen molar-refractivity contribution in [2.24, 2.45) is 0 Å². The third-order valence-corrected chi connectivity index (χ3v) is 5.28. The molecule has 9 heteroatoms. The largest absolute Gasteiger partial charge is 0.463 e. The summed E-state index contributed by atoms with van der Waals surface area (Å²) in [7, 11) is 1.15. The molecule has 4 rings (SSSR count). The Bertz CT molecular complexity index is 1110. The van der Waals surface area contributed by atoms with Crippen molar-refractivity contribution in [1.82, 2.24) is 4.98 Å². The lowest BCUT2D eigenvalue weighted by molar-refractivity contribution is -0.135. The number of aromatic nitrogens is 1. The number of hydrogen-bond acceptors (Lipinski definition) is 4. The Kier molecular flexibility index (Phi) is 6.22. The van der Waals surface area contributed by atoms with Crippen molar-refractivity contribution >= 4 is 77.7 Å². The smallest absolute Gasteiger partial charge is 0.379 e. The molecule has 3 aromatic rings. The molecule has 2 heterocycles. The zero-order valence-electron chi connectivity index (χ0n) is 14.4. The Morgan fingerprint density at radius 3 is 2.50 bits per heavy atom. The number of carbonyl (C=O) groups excluding carboxylic acids is 3.